The second-order valence-electron chi connectivity index (χ2n) is 11.3. The Hall–Kier alpha value is -3.08. The first-order valence-electron chi connectivity index (χ1n) is 13.1. The third kappa shape index (κ3) is 5.25. The molecule has 5 atom stereocenters. The fourth-order valence-corrected chi connectivity index (χ4v) is 7.67. The number of thiazole rings is 1. The maximum atomic E-state index is 13.6. The van der Waals surface area contributed by atoms with Gasteiger partial charge in [-0.1, -0.05) is 19.9 Å². The lowest BCUT2D eigenvalue weighted by atomic mass is 9.47. The highest BCUT2D eigenvalue weighted by Gasteiger charge is 2.59. The molecular weight excluding hydrogens is 524 g/mol. The summed E-state index contributed by atoms with van der Waals surface area (Å²) in [7, 11) is 0. The van der Waals surface area contributed by atoms with E-state index in [2.05, 4.69) is 17.6 Å². The lowest BCUT2D eigenvalue weighted by molar-refractivity contribution is -0.144. The zero-order chi connectivity index (χ0) is 27.9. The van der Waals surface area contributed by atoms with Crippen LogP contribution in [0.5, 0.6) is 5.75 Å². The van der Waals surface area contributed by atoms with Crippen molar-refractivity contribution in [2.24, 2.45) is 16.7 Å². The Morgan fingerprint density at radius 1 is 1.18 bits per heavy atom. The van der Waals surface area contributed by atoms with Gasteiger partial charge in [-0.15, -0.1) is 11.3 Å². The fraction of sp³-hybridized carbons (Fsp3) is 0.448. The van der Waals surface area contributed by atoms with Gasteiger partial charge in [-0.05, 0) is 60.4 Å². The second-order valence-corrected chi connectivity index (χ2v) is 12.4. The molecule has 2 aliphatic rings. The largest absolute Gasteiger partial charge is 0.508 e. The number of halogens is 2. The zero-order valence-electron chi connectivity index (χ0n) is 21.9. The number of rotatable bonds is 7. The molecule has 2 aliphatic carbocycles. The molecule has 5 N–H and O–H groups in total. The Bertz CT molecular complexity index is 1360. The molecule has 3 aromatic rings. The summed E-state index contributed by atoms with van der Waals surface area (Å²) in [6.45, 7) is 3.83. The first-order chi connectivity index (χ1) is 18.5. The number of nitrogens with zero attached hydrogens (tertiary/aromatic N) is 1. The van der Waals surface area contributed by atoms with E-state index in [1.165, 1.54) is 23.5 Å². The Morgan fingerprint density at radius 2 is 1.92 bits per heavy atom. The van der Waals surface area contributed by atoms with E-state index in [1.807, 2.05) is 13.0 Å². The van der Waals surface area contributed by atoms with Crippen molar-refractivity contribution in [2.75, 3.05) is 11.9 Å². The Labute approximate surface area is 229 Å². The summed E-state index contributed by atoms with van der Waals surface area (Å²) in [5.41, 5.74) is 0.639. The molecule has 2 aromatic carbocycles. The van der Waals surface area contributed by atoms with E-state index in [0.29, 0.717) is 35.6 Å². The number of phenolic OH excluding ortho intramolecular Hbond substituents is 1. The average Bonchev–Trinajstić information content (AvgIpc) is 3.28. The van der Waals surface area contributed by atoms with Crippen LogP contribution in [0.1, 0.15) is 55.2 Å². The molecule has 0 aliphatic heterocycles. The maximum absolute atomic E-state index is 13.6. The number of fused-ring (bicyclic) bond motifs is 2. The van der Waals surface area contributed by atoms with Crippen molar-refractivity contribution < 1.29 is 28.9 Å². The highest BCUT2D eigenvalue weighted by atomic mass is 32.1. The Kier molecular flexibility index (Phi) is 7.39. The van der Waals surface area contributed by atoms with Gasteiger partial charge < -0.3 is 26.0 Å². The highest BCUT2D eigenvalue weighted by Crippen LogP contribution is 2.62. The molecule has 0 spiro atoms. The predicted molar refractivity (Wildman–Crippen MR) is 145 cm³/mol. The minimum Gasteiger partial charge on any atom is -0.508 e. The van der Waals surface area contributed by atoms with Crippen LogP contribution in [-0.2, 0) is 17.8 Å². The average molecular weight is 558 g/mol. The van der Waals surface area contributed by atoms with E-state index in [9.17, 15) is 28.9 Å². The number of nitrogens with one attached hydrogen (secondary N) is 2. The van der Waals surface area contributed by atoms with Crippen LogP contribution in [0.15, 0.2) is 42.5 Å². The van der Waals surface area contributed by atoms with Gasteiger partial charge in [0.1, 0.15) is 17.4 Å². The van der Waals surface area contributed by atoms with Gasteiger partial charge in [0.2, 0.25) is 5.91 Å². The number of benzene rings is 2. The van der Waals surface area contributed by atoms with Crippen LogP contribution < -0.4 is 10.6 Å². The SMILES string of the molecule is CC1(CO)C(O)CCC2(C)C(CC(=O)NCc3cc(F)cc(F)c3)c3nc(Nc4cccc(O)c4)sc3CC12. The number of phenols is 1. The molecule has 39 heavy (non-hydrogen) atoms. The van der Waals surface area contributed by atoms with Crippen molar-refractivity contribution >= 4 is 28.1 Å². The first kappa shape index (κ1) is 27.5. The molecule has 208 valence electrons. The molecule has 5 rings (SSSR count). The first-order valence-corrected chi connectivity index (χ1v) is 13.9. The van der Waals surface area contributed by atoms with E-state index in [4.69, 9.17) is 4.98 Å². The summed E-state index contributed by atoms with van der Waals surface area (Å²) in [5, 5.41) is 37.9. The normalized spacial score (nSPS) is 27.9. The van der Waals surface area contributed by atoms with Gasteiger partial charge in [0.15, 0.2) is 5.13 Å². The van der Waals surface area contributed by atoms with Crippen LogP contribution in [0.2, 0.25) is 0 Å². The third-order valence-corrected chi connectivity index (χ3v) is 9.80. The van der Waals surface area contributed by atoms with Crippen molar-refractivity contribution in [3.63, 3.8) is 0 Å². The topological polar surface area (TPSA) is 115 Å². The monoisotopic (exact) mass is 557 g/mol. The summed E-state index contributed by atoms with van der Waals surface area (Å²) < 4.78 is 27.2. The van der Waals surface area contributed by atoms with Crippen molar-refractivity contribution in [1.29, 1.82) is 0 Å². The molecule has 1 aromatic heterocycles. The van der Waals surface area contributed by atoms with Gasteiger partial charge in [0.25, 0.3) is 0 Å². The summed E-state index contributed by atoms with van der Waals surface area (Å²) in [4.78, 5) is 19.1. The number of aliphatic hydroxyl groups is 2. The molecule has 0 radical (unpaired) electrons. The summed E-state index contributed by atoms with van der Waals surface area (Å²) >= 11 is 1.47. The van der Waals surface area contributed by atoms with Crippen LogP contribution in [0.4, 0.5) is 19.6 Å². The lowest BCUT2D eigenvalue weighted by Crippen LogP contribution is -2.57. The van der Waals surface area contributed by atoms with E-state index in [1.54, 1.807) is 18.2 Å². The van der Waals surface area contributed by atoms with Crippen LogP contribution in [-0.4, -0.2) is 38.9 Å². The number of anilines is 2. The molecule has 1 heterocycles. The molecule has 1 fully saturated rings. The molecule has 7 nitrogen and oxygen atoms in total. The summed E-state index contributed by atoms with van der Waals surface area (Å²) in [5.74, 6) is -1.96. The molecule has 1 saturated carbocycles. The van der Waals surface area contributed by atoms with E-state index in [-0.39, 0.29) is 43.1 Å². The van der Waals surface area contributed by atoms with Crippen molar-refractivity contribution in [1.82, 2.24) is 10.3 Å². The highest BCUT2D eigenvalue weighted by molar-refractivity contribution is 7.15. The number of hydrogen-bond acceptors (Lipinski definition) is 7. The molecule has 1 amide bonds. The van der Waals surface area contributed by atoms with Crippen LogP contribution in [0, 0.1) is 28.4 Å². The van der Waals surface area contributed by atoms with Crippen molar-refractivity contribution in [3.05, 3.63) is 70.2 Å². The van der Waals surface area contributed by atoms with Gasteiger partial charge in [-0.3, -0.25) is 4.79 Å². The second kappa shape index (κ2) is 10.5. The fourth-order valence-electron chi connectivity index (χ4n) is 6.58. The van der Waals surface area contributed by atoms with Crippen molar-refractivity contribution in [3.8, 4) is 5.75 Å². The predicted octanol–water partition coefficient (Wildman–Crippen LogP) is 4.99. The number of carbonyl (C=O) groups is 1. The lowest BCUT2D eigenvalue weighted by Gasteiger charge is -2.58. The van der Waals surface area contributed by atoms with Gasteiger partial charge in [-0.25, -0.2) is 13.8 Å². The van der Waals surface area contributed by atoms with E-state index >= 15 is 0 Å². The molecule has 0 bridgehead atoms. The van der Waals surface area contributed by atoms with Gasteiger partial charge in [0, 0.05) is 47.0 Å². The van der Waals surface area contributed by atoms with E-state index < -0.39 is 28.6 Å². The quantitative estimate of drug-likeness (QED) is 0.280. The Balaban J connectivity index is 1.46. The minimum absolute atomic E-state index is 0.0122. The smallest absolute Gasteiger partial charge is 0.220 e. The molecule has 10 heteroatoms. The van der Waals surface area contributed by atoms with Crippen LogP contribution in [0.3, 0.4) is 0 Å². The van der Waals surface area contributed by atoms with Crippen LogP contribution >= 0.6 is 11.3 Å². The number of aromatic hydroxyl groups is 1. The number of amides is 1. The van der Waals surface area contributed by atoms with Crippen molar-refractivity contribution in [2.45, 2.75) is 58.1 Å². The molecule has 0 saturated heterocycles. The van der Waals surface area contributed by atoms with Gasteiger partial charge >= 0.3 is 0 Å². The third-order valence-electron chi connectivity index (χ3n) is 8.79. The summed E-state index contributed by atoms with van der Waals surface area (Å²) in [6.07, 6.45) is 1.20. The Morgan fingerprint density at radius 3 is 2.62 bits per heavy atom. The van der Waals surface area contributed by atoms with Crippen LogP contribution in [0.25, 0.3) is 0 Å². The number of aliphatic hydroxyl groups excluding tert-OH is 2. The molecular formula is C29H33F2N3O4S. The maximum Gasteiger partial charge on any atom is 0.220 e. The molecule has 5 unspecified atom stereocenters. The summed E-state index contributed by atoms with van der Waals surface area (Å²) in [6, 6.07) is 9.89. The number of carbonyl (C=O) groups excluding carboxylic acids is 1. The standard InChI is InChI=1S/C29H33F2N3O4S/c1-28-7-6-24(37)29(2,15-35)23(28)13-22-26(34-27(39-22)33-19-4-3-5-20(36)11-19)21(28)12-25(38)32-14-16-8-17(30)10-18(31)9-16/h3-5,8-11,21,23-24,35-37H,6-7,12-15H2,1-2H3,(H,32,38)(H,33,34). The van der Waals surface area contributed by atoms with E-state index in [0.717, 1.165) is 16.6 Å². The zero-order valence-corrected chi connectivity index (χ0v) is 22.7. The minimum atomic E-state index is -0.749. The van der Waals surface area contributed by atoms with Gasteiger partial charge in [-0.2, -0.15) is 0 Å². The van der Waals surface area contributed by atoms with Gasteiger partial charge in [0.05, 0.1) is 18.4 Å². The number of hydrogen-bond donors (Lipinski definition) is 5. The number of aromatic nitrogens is 1.